The summed E-state index contributed by atoms with van der Waals surface area (Å²) >= 11 is 0. The van der Waals surface area contributed by atoms with Gasteiger partial charge in [-0.25, -0.2) is 4.79 Å². The van der Waals surface area contributed by atoms with E-state index in [2.05, 4.69) is 15.5 Å². The van der Waals surface area contributed by atoms with E-state index in [0.29, 0.717) is 17.9 Å². The molecule has 0 aliphatic carbocycles. The molecule has 0 bridgehead atoms. The third kappa shape index (κ3) is 3.52. The van der Waals surface area contributed by atoms with Gasteiger partial charge in [-0.05, 0) is 11.6 Å². The molecule has 8 nitrogen and oxygen atoms in total. The minimum atomic E-state index is -0.673. The summed E-state index contributed by atoms with van der Waals surface area (Å²) in [6.45, 7) is 0.131. The molecular weight excluding hydrogens is 372 g/mol. The predicted molar refractivity (Wildman–Crippen MR) is 109 cm³/mol. The molecule has 148 valence electrons. The average Bonchev–Trinajstić information content (AvgIpc) is 3.21. The van der Waals surface area contributed by atoms with Gasteiger partial charge in [-0.1, -0.05) is 48.5 Å². The van der Waals surface area contributed by atoms with Crippen LogP contribution in [0.5, 0.6) is 11.6 Å². The standard InChI is InChI=1S/C21H20N4O4/c1-29-17-10-6-5-9-14(17)15-11-16(24-23-15)18-19(26)22-21(28)25(20(18)27)12-13-7-3-2-4-8-13/h2-10,15,23,27H,11-12H2,1H3,(H,22,26,28). The molecule has 8 heteroatoms. The Bertz CT molecular complexity index is 1180. The SMILES string of the molecule is COc1ccccc1C1CC(c2c(O)n(Cc3ccccc3)c(=O)[nH]c2=O)=NN1. The highest BCUT2D eigenvalue weighted by molar-refractivity contribution is 6.03. The number of ether oxygens (including phenoxy) is 1. The number of hydrogen-bond acceptors (Lipinski definition) is 6. The fourth-order valence-corrected chi connectivity index (χ4v) is 3.46. The maximum Gasteiger partial charge on any atom is 0.331 e. The van der Waals surface area contributed by atoms with Crippen molar-refractivity contribution in [3.63, 3.8) is 0 Å². The first-order valence-electron chi connectivity index (χ1n) is 9.14. The van der Waals surface area contributed by atoms with Crippen molar-refractivity contribution in [1.29, 1.82) is 0 Å². The molecular formula is C21H20N4O4. The third-order valence-corrected chi connectivity index (χ3v) is 4.91. The highest BCUT2D eigenvalue weighted by atomic mass is 16.5. The van der Waals surface area contributed by atoms with E-state index >= 15 is 0 Å². The van der Waals surface area contributed by atoms with Crippen molar-refractivity contribution < 1.29 is 9.84 Å². The van der Waals surface area contributed by atoms with Crippen molar-refractivity contribution in [3.05, 3.63) is 92.1 Å². The summed E-state index contributed by atoms with van der Waals surface area (Å²) in [5, 5.41) is 15.0. The molecule has 1 atom stereocenters. The first-order valence-corrected chi connectivity index (χ1v) is 9.14. The number of hydrazone groups is 1. The van der Waals surface area contributed by atoms with E-state index in [9.17, 15) is 14.7 Å². The summed E-state index contributed by atoms with van der Waals surface area (Å²) in [6, 6.07) is 16.5. The Balaban J connectivity index is 1.68. The van der Waals surface area contributed by atoms with Gasteiger partial charge in [0.05, 0.1) is 25.4 Å². The van der Waals surface area contributed by atoms with E-state index in [1.807, 2.05) is 54.6 Å². The van der Waals surface area contributed by atoms with E-state index < -0.39 is 17.1 Å². The summed E-state index contributed by atoms with van der Waals surface area (Å²) in [4.78, 5) is 27.0. The number of rotatable bonds is 5. The van der Waals surface area contributed by atoms with Gasteiger partial charge in [0.1, 0.15) is 11.3 Å². The minimum absolute atomic E-state index is 0.00886. The summed E-state index contributed by atoms with van der Waals surface area (Å²) in [7, 11) is 1.59. The van der Waals surface area contributed by atoms with Crippen LogP contribution < -0.4 is 21.4 Å². The molecule has 2 aromatic carbocycles. The maximum atomic E-state index is 12.5. The van der Waals surface area contributed by atoms with Crippen LogP contribution >= 0.6 is 0 Å². The summed E-state index contributed by atoms with van der Waals surface area (Å²) in [6.07, 6.45) is 0.362. The number of benzene rings is 2. The number of aromatic nitrogens is 2. The monoisotopic (exact) mass is 392 g/mol. The molecule has 3 N–H and O–H groups in total. The number of nitrogens with one attached hydrogen (secondary N) is 2. The van der Waals surface area contributed by atoms with Crippen LogP contribution in [-0.2, 0) is 6.54 Å². The zero-order valence-corrected chi connectivity index (χ0v) is 15.8. The van der Waals surface area contributed by atoms with Gasteiger partial charge in [-0.2, -0.15) is 5.10 Å². The first-order chi connectivity index (χ1) is 14.1. The molecule has 2 heterocycles. The first kappa shape index (κ1) is 18.5. The number of aromatic amines is 1. The van der Waals surface area contributed by atoms with Gasteiger partial charge in [0.25, 0.3) is 5.56 Å². The molecule has 1 aliphatic rings. The van der Waals surface area contributed by atoms with Crippen molar-refractivity contribution in [2.75, 3.05) is 7.11 Å². The number of hydrogen-bond donors (Lipinski definition) is 3. The van der Waals surface area contributed by atoms with Gasteiger partial charge in [-0.15, -0.1) is 0 Å². The van der Waals surface area contributed by atoms with Crippen LogP contribution in [0.25, 0.3) is 0 Å². The fourth-order valence-electron chi connectivity index (χ4n) is 3.46. The summed E-state index contributed by atoms with van der Waals surface area (Å²) in [5.41, 5.74) is 3.73. The van der Waals surface area contributed by atoms with Crippen LogP contribution in [0.1, 0.15) is 29.2 Å². The van der Waals surface area contributed by atoms with E-state index in [4.69, 9.17) is 4.74 Å². The van der Waals surface area contributed by atoms with Crippen LogP contribution in [0.2, 0.25) is 0 Å². The lowest BCUT2D eigenvalue weighted by Gasteiger charge is -2.14. The van der Waals surface area contributed by atoms with E-state index in [1.165, 1.54) is 0 Å². The smallest absolute Gasteiger partial charge is 0.331 e. The Morgan fingerprint density at radius 1 is 1.14 bits per heavy atom. The van der Waals surface area contributed by atoms with Gasteiger partial charge < -0.3 is 15.3 Å². The van der Waals surface area contributed by atoms with Gasteiger partial charge in [-0.3, -0.25) is 14.3 Å². The maximum absolute atomic E-state index is 12.5. The topological polar surface area (TPSA) is 109 Å². The van der Waals surface area contributed by atoms with E-state index in [0.717, 1.165) is 15.7 Å². The zero-order chi connectivity index (χ0) is 20.4. The molecule has 0 fully saturated rings. The molecule has 0 radical (unpaired) electrons. The molecule has 29 heavy (non-hydrogen) atoms. The largest absolute Gasteiger partial charge is 0.496 e. The zero-order valence-electron chi connectivity index (χ0n) is 15.8. The second-order valence-electron chi connectivity index (χ2n) is 6.72. The Labute approximate surface area is 166 Å². The van der Waals surface area contributed by atoms with Crippen LogP contribution in [0, 0.1) is 0 Å². The van der Waals surface area contributed by atoms with Crippen molar-refractivity contribution in [2.24, 2.45) is 5.10 Å². The lowest BCUT2D eigenvalue weighted by Crippen LogP contribution is -2.34. The van der Waals surface area contributed by atoms with Gasteiger partial charge >= 0.3 is 5.69 Å². The van der Waals surface area contributed by atoms with Crippen LogP contribution in [-0.4, -0.2) is 27.5 Å². The minimum Gasteiger partial charge on any atom is -0.496 e. The molecule has 0 saturated heterocycles. The van der Waals surface area contributed by atoms with Gasteiger partial charge in [0.2, 0.25) is 5.88 Å². The number of H-pyrrole nitrogens is 1. The average molecular weight is 392 g/mol. The number of para-hydroxylation sites is 1. The van der Waals surface area contributed by atoms with Gasteiger partial charge in [0, 0.05) is 12.0 Å². The second kappa shape index (κ2) is 7.67. The predicted octanol–water partition coefficient (Wildman–Crippen LogP) is 1.74. The molecule has 3 aromatic rings. The number of nitrogens with zero attached hydrogens (tertiary/aromatic N) is 2. The Morgan fingerprint density at radius 2 is 1.86 bits per heavy atom. The van der Waals surface area contributed by atoms with Gasteiger partial charge in [0.15, 0.2) is 0 Å². The van der Waals surface area contributed by atoms with E-state index in [-0.39, 0.29) is 18.2 Å². The highest BCUT2D eigenvalue weighted by Gasteiger charge is 2.28. The molecule has 4 rings (SSSR count). The molecule has 1 aromatic heterocycles. The third-order valence-electron chi connectivity index (χ3n) is 4.91. The summed E-state index contributed by atoms with van der Waals surface area (Å²) in [5.74, 6) is 0.303. The lowest BCUT2D eigenvalue weighted by atomic mass is 9.99. The molecule has 0 spiro atoms. The van der Waals surface area contributed by atoms with E-state index in [1.54, 1.807) is 7.11 Å². The van der Waals surface area contributed by atoms with Crippen molar-refractivity contribution >= 4 is 5.71 Å². The number of aromatic hydroxyl groups is 1. The second-order valence-corrected chi connectivity index (χ2v) is 6.72. The van der Waals surface area contributed by atoms with Crippen LogP contribution in [0.15, 0.2) is 69.3 Å². The van der Waals surface area contributed by atoms with Crippen LogP contribution in [0.3, 0.4) is 0 Å². The quantitative estimate of drug-likeness (QED) is 0.613. The normalized spacial score (nSPS) is 15.6. The Kier molecular flexibility index (Phi) is 4.90. The molecule has 0 saturated carbocycles. The van der Waals surface area contributed by atoms with Crippen molar-refractivity contribution in [3.8, 4) is 11.6 Å². The number of methoxy groups -OCH3 is 1. The van der Waals surface area contributed by atoms with Crippen molar-refractivity contribution in [2.45, 2.75) is 19.0 Å². The molecule has 1 unspecified atom stereocenters. The van der Waals surface area contributed by atoms with Crippen LogP contribution in [0.4, 0.5) is 0 Å². The molecule has 0 amide bonds. The highest BCUT2D eigenvalue weighted by Crippen LogP contribution is 2.31. The Morgan fingerprint density at radius 3 is 2.62 bits per heavy atom. The summed E-state index contributed by atoms with van der Waals surface area (Å²) < 4.78 is 6.52. The van der Waals surface area contributed by atoms with Crippen molar-refractivity contribution in [1.82, 2.24) is 15.0 Å². The molecule has 1 aliphatic heterocycles. The Hall–Kier alpha value is -3.81. The lowest BCUT2D eigenvalue weighted by molar-refractivity contribution is 0.402. The fraction of sp³-hybridized carbons (Fsp3) is 0.190.